The van der Waals surface area contributed by atoms with Crippen molar-refractivity contribution in [3.63, 3.8) is 0 Å². The molecule has 2 saturated heterocycles. The Bertz CT molecular complexity index is 663. The molecule has 2 fully saturated rings. The number of thioether (sulfide) groups is 2. The van der Waals surface area contributed by atoms with Crippen molar-refractivity contribution in [2.75, 3.05) is 61.2 Å². The molecule has 154 valence electrons. The van der Waals surface area contributed by atoms with Crippen molar-refractivity contribution in [2.45, 2.75) is 12.0 Å². The number of halogens is 1. The first kappa shape index (κ1) is 21.4. The predicted molar refractivity (Wildman–Crippen MR) is 112 cm³/mol. The molecule has 9 heteroatoms. The highest BCUT2D eigenvalue weighted by molar-refractivity contribution is 8.00. The van der Waals surface area contributed by atoms with Gasteiger partial charge in [0, 0.05) is 36.6 Å². The fourth-order valence-electron chi connectivity index (χ4n) is 3.42. The van der Waals surface area contributed by atoms with Crippen molar-refractivity contribution in [2.24, 2.45) is 0 Å². The standard InChI is InChI=1S/C19H26FN3O3S2/c20-15-1-3-16(4-2-15)22-18(25)12-28-11-17(24)21-13-19(5-10-27-14-19)23-6-8-26-9-7-23/h1-4H,5-14H2,(H,21,24)(H,22,25). The Kier molecular flexibility index (Phi) is 8.01. The van der Waals surface area contributed by atoms with E-state index in [0.717, 1.165) is 44.2 Å². The summed E-state index contributed by atoms with van der Waals surface area (Å²) >= 11 is 3.21. The zero-order valence-corrected chi connectivity index (χ0v) is 17.4. The van der Waals surface area contributed by atoms with Gasteiger partial charge in [0.1, 0.15) is 5.82 Å². The van der Waals surface area contributed by atoms with Crippen LogP contribution in [0.3, 0.4) is 0 Å². The van der Waals surface area contributed by atoms with E-state index >= 15 is 0 Å². The monoisotopic (exact) mass is 427 g/mol. The molecule has 2 aliphatic heterocycles. The molecule has 0 radical (unpaired) electrons. The molecule has 3 rings (SSSR count). The number of benzene rings is 1. The SMILES string of the molecule is O=C(CSCC(=O)Nc1ccc(F)cc1)NCC1(N2CCOCC2)CCSC1. The lowest BCUT2D eigenvalue weighted by Crippen LogP contribution is -2.59. The molecular weight excluding hydrogens is 401 g/mol. The molecule has 6 nitrogen and oxygen atoms in total. The zero-order chi connectivity index (χ0) is 19.8. The molecule has 1 aromatic rings. The van der Waals surface area contributed by atoms with E-state index in [1.54, 1.807) is 0 Å². The number of hydrogen-bond acceptors (Lipinski definition) is 6. The number of rotatable bonds is 8. The van der Waals surface area contributed by atoms with Crippen LogP contribution in [0.5, 0.6) is 0 Å². The minimum Gasteiger partial charge on any atom is -0.379 e. The van der Waals surface area contributed by atoms with Gasteiger partial charge in [0.25, 0.3) is 0 Å². The molecule has 1 aromatic carbocycles. The minimum atomic E-state index is -0.348. The van der Waals surface area contributed by atoms with Gasteiger partial charge < -0.3 is 15.4 Å². The maximum atomic E-state index is 12.9. The van der Waals surface area contributed by atoms with E-state index in [1.165, 1.54) is 36.0 Å². The number of nitrogens with one attached hydrogen (secondary N) is 2. The second-order valence-electron chi connectivity index (χ2n) is 6.95. The van der Waals surface area contributed by atoms with Crippen LogP contribution >= 0.6 is 23.5 Å². The van der Waals surface area contributed by atoms with E-state index in [0.29, 0.717) is 12.2 Å². The predicted octanol–water partition coefficient (Wildman–Crippen LogP) is 1.82. The summed E-state index contributed by atoms with van der Waals surface area (Å²) in [5.74, 6) is 1.95. The van der Waals surface area contributed by atoms with Gasteiger partial charge in [-0.05, 0) is 36.4 Å². The molecule has 1 unspecified atom stereocenters. The quantitative estimate of drug-likeness (QED) is 0.660. The summed E-state index contributed by atoms with van der Waals surface area (Å²) in [6, 6.07) is 5.61. The Morgan fingerprint density at radius 1 is 1.18 bits per heavy atom. The lowest BCUT2D eigenvalue weighted by atomic mass is 9.95. The maximum absolute atomic E-state index is 12.9. The summed E-state index contributed by atoms with van der Waals surface area (Å²) in [6.45, 7) is 3.96. The van der Waals surface area contributed by atoms with E-state index in [4.69, 9.17) is 4.74 Å². The Morgan fingerprint density at radius 3 is 2.57 bits per heavy atom. The lowest BCUT2D eigenvalue weighted by molar-refractivity contribution is -0.119. The average molecular weight is 428 g/mol. The summed E-state index contributed by atoms with van der Waals surface area (Å²) in [4.78, 5) is 26.6. The molecule has 0 aromatic heterocycles. The fourth-order valence-corrected chi connectivity index (χ4v) is 5.54. The number of anilines is 1. The zero-order valence-electron chi connectivity index (χ0n) is 15.7. The molecule has 0 spiro atoms. The molecule has 2 aliphatic rings. The minimum absolute atomic E-state index is 0.0226. The van der Waals surface area contributed by atoms with Crippen LogP contribution in [0.15, 0.2) is 24.3 Å². The number of nitrogens with zero attached hydrogens (tertiary/aromatic N) is 1. The topological polar surface area (TPSA) is 70.7 Å². The summed E-state index contributed by atoms with van der Waals surface area (Å²) in [7, 11) is 0. The first-order valence-corrected chi connectivity index (χ1v) is 11.7. The summed E-state index contributed by atoms with van der Waals surface area (Å²) in [6.07, 6.45) is 1.07. The average Bonchev–Trinajstić information content (AvgIpc) is 3.19. The van der Waals surface area contributed by atoms with E-state index < -0.39 is 0 Å². The number of carbonyl (C=O) groups is 2. The molecule has 0 bridgehead atoms. The Balaban J connectivity index is 1.37. The highest BCUT2D eigenvalue weighted by Crippen LogP contribution is 2.33. The number of amides is 2. The van der Waals surface area contributed by atoms with Gasteiger partial charge >= 0.3 is 0 Å². The lowest BCUT2D eigenvalue weighted by Gasteiger charge is -2.43. The second kappa shape index (κ2) is 10.5. The number of carbonyl (C=O) groups excluding carboxylic acids is 2. The fraction of sp³-hybridized carbons (Fsp3) is 0.579. The molecule has 0 aliphatic carbocycles. The highest BCUT2D eigenvalue weighted by atomic mass is 32.2. The number of morpholine rings is 1. The third-order valence-corrected chi connectivity index (χ3v) is 7.14. The molecule has 28 heavy (non-hydrogen) atoms. The van der Waals surface area contributed by atoms with Gasteiger partial charge in [0.15, 0.2) is 0 Å². The molecule has 2 heterocycles. The van der Waals surface area contributed by atoms with E-state index in [9.17, 15) is 14.0 Å². The second-order valence-corrected chi connectivity index (χ2v) is 9.04. The van der Waals surface area contributed by atoms with Crippen LogP contribution in [-0.4, -0.2) is 78.1 Å². The van der Waals surface area contributed by atoms with Crippen molar-refractivity contribution in [1.82, 2.24) is 10.2 Å². The first-order chi connectivity index (χ1) is 13.6. The van der Waals surface area contributed by atoms with Crippen molar-refractivity contribution in [3.8, 4) is 0 Å². The summed E-state index contributed by atoms with van der Waals surface area (Å²) in [5, 5.41) is 5.75. The molecular formula is C19H26FN3O3S2. The summed E-state index contributed by atoms with van der Waals surface area (Å²) in [5.41, 5.74) is 0.567. The summed E-state index contributed by atoms with van der Waals surface area (Å²) < 4.78 is 18.3. The van der Waals surface area contributed by atoms with Crippen molar-refractivity contribution in [3.05, 3.63) is 30.1 Å². The number of ether oxygens (including phenoxy) is 1. The smallest absolute Gasteiger partial charge is 0.234 e. The van der Waals surface area contributed by atoms with Gasteiger partial charge in [-0.1, -0.05) is 0 Å². The van der Waals surface area contributed by atoms with Crippen molar-refractivity contribution < 1.29 is 18.7 Å². The van der Waals surface area contributed by atoms with Crippen LogP contribution in [0.2, 0.25) is 0 Å². The van der Waals surface area contributed by atoms with E-state index in [1.807, 2.05) is 11.8 Å². The van der Waals surface area contributed by atoms with Gasteiger partial charge in [0.05, 0.1) is 24.7 Å². The van der Waals surface area contributed by atoms with Crippen LogP contribution in [0.4, 0.5) is 10.1 Å². The van der Waals surface area contributed by atoms with Gasteiger partial charge in [-0.2, -0.15) is 11.8 Å². The first-order valence-electron chi connectivity index (χ1n) is 9.38. The van der Waals surface area contributed by atoms with Gasteiger partial charge in [-0.3, -0.25) is 14.5 Å². The van der Waals surface area contributed by atoms with Gasteiger partial charge in [-0.15, -0.1) is 11.8 Å². The molecule has 0 saturated carbocycles. The van der Waals surface area contributed by atoms with Gasteiger partial charge in [0.2, 0.25) is 11.8 Å². The third kappa shape index (κ3) is 6.10. The highest BCUT2D eigenvalue weighted by Gasteiger charge is 2.40. The number of hydrogen-bond donors (Lipinski definition) is 2. The van der Waals surface area contributed by atoms with Crippen LogP contribution in [0, 0.1) is 5.82 Å². The normalized spacial score (nSPS) is 22.8. The van der Waals surface area contributed by atoms with Crippen molar-refractivity contribution in [1.29, 1.82) is 0 Å². The van der Waals surface area contributed by atoms with E-state index in [2.05, 4.69) is 15.5 Å². The van der Waals surface area contributed by atoms with Gasteiger partial charge in [-0.25, -0.2) is 4.39 Å². The molecule has 1 atom stereocenters. The molecule has 2 N–H and O–H groups in total. The van der Waals surface area contributed by atoms with Crippen LogP contribution < -0.4 is 10.6 Å². The van der Waals surface area contributed by atoms with Crippen LogP contribution in [0.1, 0.15) is 6.42 Å². The van der Waals surface area contributed by atoms with Crippen LogP contribution in [-0.2, 0) is 14.3 Å². The largest absolute Gasteiger partial charge is 0.379 e. The maximum Gasteiger partial charge on any atom is 0.234 e. The third-order valence-electron chi connectivity index (χ3n) is 4.97. The Labute approximate surface area is 173 Å². The van der Waals surface area contributed by atoms with Crippen molar-refractivity contribution >= 4 is 41.0 Å². The van der Waals surface area contributed by atoms with Crippen LogP contribution in [0.25, 0.3) is 0 Å². The van der Waals surface area contributed by atoms with E-state index in [-0.39, 0.29) is 34.7 Å². The Morgan fingerprint density at radius 2 is 1.89 bits per heavy atom. The Hall–Kier alpha value is -1.29. The molecule has 2 amide bonds.